The molecule has 1 unspecified atom stereocenters. The number of hydrogen-bond donors (Lipinski definition) is 2. The number of carbonyl (C=O) groups excluding carboxylic acids is 1. The van der Waals surface area contributed by atoms with Crippen LogP contribution in [0.2, 0.25) is 0 Å². The molecule has 1 saturated carbocycles. The predicted octanol–water partition coefficient (Wildman–Crippen LogP) is 0.770. The monoisotopic (exact) mass is 225 g/mol. The van der Waals surface area contributed by atoms with E-state index in [2.05, 4.69) is 5.32 Å². The van der Waals surface area contributed by atoms with E-state index in [1.54, 1.807) is 0 Å². The first-order valence-corrected chi connectivity index (χ1v) is 4.51. The van der Waals surface area contributed by atoms with Gasteiger partial charge in [-0.3, -0.25) is 9.59 Å². The van der Waals surface area contributed by atoms with Crippen LogP contribution in [0.15, 0.2) is 0 Å². The first-order valence-electron chi connectivity index (χ1n) is 3.75. The first kappa shape index (κ1) is 10.6. The second-order valence-corrected chi connectivity index (χ2v) is 4.63. The van der Waals surface area contributed by atoms with Gasteiger partial charge in [-0.05, 0) is 13.3 Å². The Bertz CT molecular complexity index is 254. The number of nitrogens with one attached hydrogen (secondary N) is 1. The van der Waals surface area contributed by atoms with Gasteiger partial charge in [0.1, 0.15) is 10.4 Å². The molecule has 2 N–H and O–H groups in total. The van der Waals surface area contributed by atoms with E-state index in [1.165, 1.54) is 6.92 Å². The van der Waals surface area contributed by atoms with Gasteiger partial charge in [0.05, 0.1) is 5.92 Å². The second kappa shape index (κ2) is 3.35. The van der Waals surface area contributed by atoms with Crippen molar-refractivity contribution in [2.45, 2.75) is 23.7 Å². The molecule has 0 aromatic rings. The highest BCUT2D eigenvalue weighted by Gasteiger charge is 2.56. The van der Waals surface area contributed by atoms with Crippen molar-refractivity contribution >= 4 is 35.1 Å². The Labute approximate surface area is 85.2 Å². The molecule has 0 aliphatic heterocycles. The minimum absolute atomic E-state index is 0.383. The van der Waals surface area contributed by atoms with Crippen LogP contribution in [-0.2, 0) is 9.59 Å². The van der Waals surface area contributed by atoms with Gasteiger partial charge in [0.25, 0.3) is 0 Å². The summed E-state index contributed by atoms with van der Waals surface area (Å²) in [7, 11) is 0. The van der Waals surface area contributed by atoms with Gasteiger partial charge in [-0.1, -0.05) is 0 Å². The summed E-state index contributed by atoms with van der Waals surface area (Å²) >= 11 is 11.2. The maximum Gasteiger partial charge on any atom is 0.325 e. The van der Waals surface area contributed by atoms with Gasteiger partial charge >= 0.3 is 5.97 Å². The maximum atomic E-state index is 11.2. The number of rotatable bonds is 3. The van der Waals surface area contributed by atoms with Crippen molar-refractivity contribution in [1.29, 1.82) is 0 Å². The Balaban J connectivity index is 2.40. The fraction of sp³-hybridized carbons (Fsp3) is 0.714. The molecule has 2 atom stereocenters. The fourth-order valence-corrected chi connectivity index (χ4v) is 1.38. The van der Waals surface area contributed by atoms with Gasteiger partial charge in [0.15, 0.2) is 0 Å². The average molecular weight is 226 g/mol. The number of aliphatic carboxylic acids is 1. The molecule has 0 spiro atoms. The molecule has 1 rings (SSSR count). The Hall–Kier alpha value is -0.480. The summed E-state index contributed by atoms with van der Waals surface area (Å²) in [6, 6.07) is -0.905. The molecule has 0 radical (unpaired) electrons. The minimum Gasteiger partial charge on any atom is -0.480 e. The maximum absolute atomic E-state index is 11.2. The van der Waals surface area contributed by atoms with Crippen molar-refractivity contribution in [3.8, 4) is 0 Å². The Morgan fingerprint density at radius 2 is 2.08 bits per heavy atom. The molecule has 0 aromatic carbocycles. The van der Waals surface area contributed by atoms with Crippen LogP contribution in [0.1, 0.15) is 13.3 Å². The van der Waals surface area contributed by atoms with E-state index >= 15 is 0 Å². The standard InChI is InChI=1S/C7H9Cl2NO3/c1-3(6(12)13)10-5(11)4-2-7(4,8)9/h3-4H,2H2,1H3,(H,10,11)(H,12,13)/t3-,4?/m1/s1. The molecule has 0 saturated heterocycles. The van der Waals surface area contributed by atoms with Gasteiger partial charge in [-0.25, -0.2) is 0 Å². The smallest absolute Gasteiger partial charge is 0.325 e. The van der Waals surface area contributed by atoms with Gasteiger partial charge < -0.3 is 10.4 Å². The highest BCUT2D eigenvalue weighted by atomic mass is 35.5. The number of halogens is 2. The summed E-state index contributed by atoms with van der Waals surface area (Å²) in [5.41, 5.74) is 0. The molecule has 13 heavy (non-hydrogen) atoms. The molecule has 74 valence electrons. The Morgan fingerprint density at radius 3 is 2.38 bits per heavy atom. The molecule has 4 nitrogen and oxygen atoms in total. The normalized spacial score (nSPS) is 26.2. The summed E-state index contributed by atoms with van der Waals surface area (Å²) in [5.74, 6) is -1.96. The quantitative estimate of drug-likeness (QED) is 0.698. The van der Waals surface area contributed by atoms with Crippen molar-refractivity contribution in [3.63, 3.8) is 0 Å². The molecule has 0 bridgehead atoms. The zero-order chi connectivity index (χ0) is 10.2. The Morgan fingerprint density at radius 1 is 1.62 bits per heavy atom. The number of carboxylic acid groups (broad SMARTS) is 1. The van der Waals surface area contributed by atoms with Crippen LogP contribution in [0.3, 0.4) is 0 Å². The predicted molar refractivity (Wildman–Crippen MR) is 47.8 cm³/mol. The number of carbonyl (C=O) groups is 2. The van der Waals surface area contributed by atoms with Crippen LogP contribution >= 0.6 is 23.2 Å². The van der Waals surface area contributed by atoms with E-state index in [0.717, 1.165) is 0 Å². The topological polar surface area (TPSA) is 66.4 Å². The van der Waals surface area contributed by atoms with E-state index in [-0.39, 0.29) is 0 Å². The lowest BCUT2D eigenvalue weighted by molar-refractivity contribution is -0.141. The van der Waals surface area contributed by atoms with Crippen molar-refractivity contribution in [1.82, 2.24) is 5.32 Å². The molecule has 0 aromatic heterocycles. The second-order valence-electron chi connectivity index (χ2n) is 3.09. The summed E-state index contributed by atoms with van der Waals surface area (Å²) in [5, 5.41) is 10.8. The molecule has 1 aliphatic rings. The highest BCUT2D eigenvalue weighted by Crippen LogP contribution is 2.53. The molecular weight excluding hydrogens is 217 g/mol. The van der Waals surface area contributed by atoms with Crippen molar-refractivity contribution in [3.05, 3.63) is 0 Å². The van der Waals surface area contributed by atoms with Crippen LogP contribution < -0.4 is 5.32 Å². The lowest BCUT2D eigenvalue weighted by atomic mass is 10.3. The van der Waals surface area contributed by atoms with E-state index in [1.807, 2.05) is 0 Å². The number of alkyl halides is 2. The SMILES string of the molecule is C[C@@H](NC(=O)C1CC1(Cl)Cl)C(=O)O. The van der Waals surface area contributed by atoms with Crippen molar-refractivity contribution in [2.24, 2.45) is 5.92 Å². The lowest BCUT2D eigenvalue weighted by Crippen LogP contribution is -2.39. The largest absolute Gasteiger partial charge is 0.480 e. The van der Waals surface area contributed by atoms with Crippen molar-refractivity contribution in [2.75, 3.05) is 0 Å². The van der Waals surface area contributed by atoms with Crippen LogP contribution in [-0.4, -0.2) is 27.4 Å². The van der Waals surface area contributed by atoms with Gasteiger partial charge in [0.2, 0.25) is 5.91 Å². The van der Waals surface area contributed by atoms with E-state index in [4.69, 9.17) is 28.3 Å². The summed E-state index contributed by atoms with van der Waals surface area (Å²) in [6.07, 6.45) is 0.383. The highest BCUT2D eigenvalue weighted by molar-refractivity contribution is 6.52. The minimum atomic E-state index is -1.08. The van der Waals surface area contributed by atoms with Crippen LogP contribution in [0.4, 0.5) is 0 Å². The van der Waals surface area contributed by atoms with E-state index in [9.17, 15) is 9.59 Å². The third-order valence-corrected chi connectivity index (χ3v) is 2.71. The fourth-order valence-electron chi connectivity index (χ4n) is 0.873. The lowest BCUT2D eigenvalue weighted by Gasteiger charge is -2.08. The molecular formula is C7H9Cl2NO3. The molecule has 1 fully saturated rings. The van der Waals surface area contributed by atoms with Crippen LogP contribution in [0.25, 0.3) is 0 Å². The van der Waals surface area contributed by atoms with Crippen LogP contribution in [0, 0.1) is 5.92 Å². The van der Waals surface area contributed by atoms with Gasteiger partial charge in [-0.15, -0.1) is 23.2 Å². The van der Waals surface area contributed by atoms with Crippen molar-refractivity contribution < 1.29 is 14.7 Å². The summed E-state index contributed by atoms with van der Waals surface area (Å²) in [6.45, 7) is 1.38. The average Bonchev–Trinajstić information content (AvgIpc) is 2.59. The third kappa shape index (κ3) is 2.48. The molecule has 1 amide bonds. The third-order valence-electron chi connectivity index (χ3n) is 1.87. The number of hydrogen-bond acceptors (Lipinski definition) is 2. The van der Waals surface area contributed by atoms with Gasteiger partial charge in [0, 0.05) is 0 Å². The molecule has 0 heterocycles. The zero-order valence-corrected chi connectivity index (χ0v) is 8.39. The number of carboxylic acids is 1. The summed E-state index contributed by atoms with van der Waals surface area (Å²) < 4.78 is -0.998. The number of amides is 1. The molecule has 6 heteroatoms. The van der Waals surface area contributed by atoms with Crippen LogP contribution in [0.5, 0.6) is 0 Å². The zero-order valence-electron chi connectivity index (χ0n) is 6.88. The van der Waals surface area contributed by atoms with E-state index in [0.29, 0.717) is 6.42 Å². The first-order chi connectivity index (χ1) is 5.84. The van der Waals surface area contributed by atoms with Gasteiger partial charge in [-0.2, -0.15) is 0 Å². The molecule has 1 aliphatic carbocycles. The van der Waals surface area contributed by atoms with E-state index < -0.39 is 28.2 Å². The summed E-state index contributed by atoms with van der Waals surface area (Å²) in [4.78, 5) is 21.6. The Kier molecular flexibility index (Phi) is 2.73.